The van der Waals surface area contributed by atoms with E-state index in [2.05, 4.69) is 18.1 Å². The van der Waals surface area contributed by atoms with Crippen LogP contribution >= 0.6 is 36.0 Å². The maximum Gasteiger partial charge on any atom is 0.336 e. The third-order valence-corrected chi connectivity index (χ3v) is 4.01. The van der Waals surface area contributed by atoms with E-state index >= 15 is 0 Å². The van der Waals surface area contributed by atoms with Gasteiger partial charge in [0.2, 0.25) is 0 Å². The fourth-order valence-corrected chi connectivity index (χ4v) is 2.39. The summed E-state index contributed by atoms with van der Waals surface area (Å²) in [6.45, 7) is 1.48. The number of phenols is 1. The Bertz CT molecular complexity index is 723. The average molecular weight is 373 g/mol. The van der Waals surface area contributed by atoms with E-state index in [1.165, 1.54) is 19.1 Å². The number of aliphatic hydroxyl groups excluding tert-OH is 1. The van der Waals surface area contributed by atoms with E-state index in [9.17, 15) is 15.0 Å². The van der Waals surface area contributed by atoms with Crippen molar-refractivity contribution in [3.8, 4) is 5.75 Å². The Kier molecular flexibility index (Phi) is 5.64. The molecular weight excluding hydrogens is 359 g/mol. The molecule has 122 valence electrons. The molecule has 8 heteroatoms. The van der Waals surface area contributed by atoms with Crippen molar-refractivity contribution in [2.45, 2.75) is 13.0 Å². The summed E-state index contributed by atoms with van der Waals surface area (Å²) in [5, 5.41) is 22.7. The number of thiol groups is 1. The van der Waals surface area contributed by atoms with E-state index in [-0.39, 0.29) is 16.3 Å². The molecule has 0 bridgehead atoms. The molecule has 23 heavy (non-hydrogen) atoms. The molecule has 2 rings (SSSR count). The zero-order valence-corrected chi connectivity index (χ0v) is 14.4. The van der Waals surface area contributed by atoms with Gasteiger partial charge in [-0.15, -0.1) is 0 Å². The topological polar surface area (TPSA) is 72.8 Å². The summed E-state index contributed by atoms with van der Waals surface area (Å²) < 4.78 is 1.02. The highest BCUT2D eigenvalue weighted by atomic mass is 35.5. The zero-order valence-electron chi connectivity index (χ0n) is 12.0. The van der Waals surface area contributed by atoms with Gasteiger partial charge in [0.15, 0.2) is 0 Å². The highest BCUT2D eigenvalue weighted by Crippen LogP contribution is 2.36. The Hall–Kier alpha value is -1.60. The number of nitrogens with one attached hydrogen (secondary N) is 1. The number of amides is 2. The minimum absolute atomic E-state index is 0.0109. The van der Waals surface area contributed by atoms with Gasteiger partial charge in [0.05, 0.1) is 16.8 Å². The second kappa shape index (κ2) is 7.31. The van der Waals surface area contributed by atoms with Crippen molar-refractivity contribution >= 4 is 53.4 Å². The van der Waals surface area contributed by atoms with E-state index < -0.39 is 12.1 Å². The lowest BCUT2D eigenvalue weighted by Gasteiger charge is -2.19. The van der Waals surface area contributed by atoms with Gasteiger partial charge in [-0.1, -0.05) is 36.0 Å². The highest BCUT2D eigenvalue weighted by Gasteiger charge is 2.18. The van der Waals surface area contributed by atoms with Crippen LogP contribution in [0.5, 0.6) is 5.75 Å². The number of benzene rings is 2. The number of hydrogen-bond acceptors (Lipinski definition) is 4. The summed E-state index contributed by atoms with van der Waals surface area (Å²) in [5.41, 5.74) is 1.04. The second-order valence-corrected chi connectivity index (χ2v) is 6.03. The number of halogens is 2. The van der Waals surface area contributed by atoms with Crippen molar-refractivity contribution in [1.29, 1.82) is 0 Å². The van der Waals surface area contributed by atoms with Crippen LogP contribution in [0.15, 0.2) is 36.4 Å². The van der Waals surface area contributed by atoms with Crippen LogP contribution in [0, 0.1) is 0 Å². The number of nitrogens with zero attached hydrogens (tertiary/aromatic N) is 1. The molecule has 0 saturated heterocycles. The van der Waals surface area contributed by atoms with Crippen LogP contribution in [0.3, 0.4) is 0 Å². The van der Waals surface area contributed by atoms with Crippen LogP contribution in [0.25, 0.3) is 0 Å². The van der Waals surface area contributed by atoms with E-state index in [0.717, 1.165) is 4.31 Å². The quantitative estimate of drug-likeness (QED) is 0.593. The van der Waals surface area contributed by atoms with Crippen molar-refractivity contribution < 1.29 is 15.0 Å². The Balaban J connectivity index is 2.24. The van der Waals surface area contributed by atoms with Gasteiger partial charge in [0.1, 0.15) is 5.75 Å². The number of aromatic hydroxyl groups is 1. The molecule has 0 heterocycles. The predicted molar refractivity (Wildman–Crippen MR) is 95.7 cm³/mol. The second-order valence-electron chi connectivity index (χ2n) is 4.79. The molecule has 1 unspecified atom stereocenters. The van der Waals surface area contributed by atoms with Gasteiger partial charge < -0.3 is 15.5 Å². The Labute approximate surface area is 149 Å². The molecule has 0 aliphatic heterocycles. The van der Waals surface area contributed by atoms with Gasteiger partial charge in [-0.25, -0.2) is 9.10 Å². The molecule has 0 saturated carbocycles. The summed E-state index contributed by atoms with van der Waals surface area (Å²) in [6, 6.07) is 8.84. The van der Waals surface area contributed by atoms with Crippen LogP contribution in [0.2, 0.25) is 10.0 Å². The number of urea groups is 1. The molecule has 1 atom stereocenters. The average Bonchev–Trinajstić information content (AvgIpc) is 2.51. The zero-order chi connectivity index (χ0) is 17.1. The van der Waals surface area contributed by atoms with E-state index in [1.807, 2.05) is 0 Å². The van der Waals surface area contributed by atoms with Crippen LogP contribution in [0.1, 0.15) is 18.6 Å². The Morgan fingerprint density at radius 2 is 1.87 bits per heavy atom. The molecule has 0 spiro atoms. The Morgan fingerprint density at radius 3 is 2.43 bits per heavy atom. The van der Waals surface area contributed by atoms with Gasteiger partial charge in [-0.05, 0) is 43.3 Å². The summed E-state index contributed by atoms with van der Waals surface area (Å²) in [4.78, 5) is 12.2. The molecule has 2 aromatic carbocycles. The summed E-state index contributed by atoms with van der Waals surface area (Å²) in [7, 11) is 0. The molecule has 0 fully saturated rings. The first-order valence-electron chi connectivity index (χ1n) is 6.55. The predicted octanol–water partition coefficient (Wildman–Crippen LogP) is 4.64. The van der Waals surface area contributed by atoms with Crippen molar-refractivity contribution in [3.05, 3.63) is 52.0 Å². The molecule has 2 aromatic rings. The summed E-state index contributed by atoms with van der Waals surface area (Å²) in [6.07, 6.45) is -0.950. The van der Waals surface area contributed by atoms with Crippen LogP contribution in [-0.4, -0.2) is 16.2 Å². The third-order valence-electron chi connectivity index (χ3n) is 3.06. The van der Waals surface area contributed by atoms with Gasteiger partial charge in [0, 0.05) is 16.3 Å². The molecule has 2 amide bonds. The molecule has 0 aromatic heterocycles. The summed E-state index contributed by atoms with van der Waals surface area (Å²) >= 11 is 15.8. The lowest BCUT2D eigenvalue weighted by molar-refractivity contribution is 0.195. The SMILES string of the molecule is CC(O)c1cc(N(S)C(=O)Nc2ccc(Cl)cc2)cc(Cl)c1O. The van der Waals surface area contributed by atoms with Crippen molar-refractivity contribution in [2.24, 2.45) is 0 Å². The Morgan fingerprint density at radius 1 is 1.26 bits per heavy atom. The van der Waals surface area contributed by atoms with Crippen LogP contribution < -0.4 is 9.62 Å². The normalized spacial score (nSPS) is 11.9. The van der Waals surface area contributed by atoms with Gasteiger partial charge >= 0.3 is 6.03 Å². The lowest BCUT2D eigenvalue weighted by atomic mass is 10.1. The number of hydrogen-bond donors (Lipinski definition) is 4. The largest absolute Gasteiger partial charge is 0.506 e. The number of anilines is 2. The number of carbonyl (C=O) groups is 1. The number of phenolic OH excluding ortho intramolecular Hbond substituents is 1. The minimum atomic E-state index is -0.950. The summed E-state index contributed by atoms with van der Waals surface area (Å²) in [5.74, 6) is -0.231. The van der Waals surface area contributed by atoms with E-state index in [4.69, 9.17) is 23.2 Å². The number of carbonyl (C=O) groups excluding carboxylic acids is 1. The standard InChI is InChI=1S/C15H14Cl2N2O3S/c1-8(20)12-6-11(7-13(17)14(12)21)19(23)15(22)18-10-4-2-9(16)3-5-10/h2-8,20-21,23H,1H3,(H,18,22). The van der Waals surface area contributed by atoms with Gasteiger partial charge in [0.25, 0.3) is 0 Å². The molecule has 0 radical (unpaired) electrons. The van der Waals surface area contributed by atoms with Crippen molar-refractivity contribution in [1.82, 2.24) is 0 Å². The van der Waals surface area contributed by atoms with Gasteiger partial charge in [-0.2, -0.15) is 0 Å². The van der Waals surface area contributed by atoms with E-state index in [0.29, 0.717) is 16.4 Å². The fourth-order valence-electron chi connectivity index (χ4n) is 1.87. The fraction of sp³-hybridized carbons (Fsp3) is 0.133. The first-order valence-corrected chi connectivity index (χ1v) is 7.71. The molecular formula is C15H14Cl2N2O3S. The molecule has 3 N–H and O–H groups in total. The first-order chi connectivity index (χ1) is 10.8. The lowest BCUT2D eigenvalue weighted by Crippen LogP contribution is -2.26. The van der Waals surface area contributed by atoms with E-state index in [1.54, 1.807) is 24.3 Å². The number of rotatable bonds is 3. The number of aliphatic hydroxyl groups is 1. The molecule has 0 aliphatic rings. The van der Waals surface area contributed by atoms with Crippen LogP contribution in [0.4, 0.5) is 16.2 Å². The highest BCUT2D eigenvalue weighted by molar-refractivity contribution is 7.82. The van der Waals surface area contributed by atoms with Crippen molar-refractivity contribution in [2.75, 3.05) is 9.62 Å². The first kappa shape index (κ1) is 17.7. The maximum absolute atomic E-state index is 12.2. The minimum Gasteiger partial charge on any atom is -0.506 e. The molecule has 0 aliphatic carbocycles. The van der Waals surface area contributed by atoms with Gasteiger partial charge in [-0.3, -0.25) is 0 Å². The van der Waals surface area contributed by atoms with Crippen molar-refractivity contribution in [3.63, 3.8) is 0 Å². The maximum atomic E-state index is 12.2. The van der Waals surface area contributed by atoms with Crippen LogP contribution in [-0.2, 0) is 0 Å². The molecule has 5 nitrogen and oxygen atoms in total. The third kappa shape index (κ3) is 4.23. The monoisotopic (exact) mass is 372 g/mol. The smallest absolute Gasteiger partial charge is 0.336 e.